The number of methoxy groups -OCH3 is 2. The molecule has 0 saturated carbocycles. The average Bonchev–Trinajstić information content (AvgIpc) is 3.03. The number of aromatic amines is 1. The molecular weight excluding hydrogens is 379 g/mol. The van der Waals surface area contributed by atoms with E-state index in [1.807, 2.05) is 0 Å². The van der Waals surface area contributed by atoms with Gasteiger partial charge in [0.05, 0.1) is 25.3 Å². The van der Waals surface area contributed by atoms with Gasteiger partial charge in [-0.25, -0.2) is 14.2 Å². The van der Waals surface area contributed by atoms with Crippen LogP contribution in [-0.4, -0.2) is 69.5 Å². The SMILES string of the molecule is COc1ccnc(S(=O)c2nc3ccc(OC(F)F)cc3[nH]2)c1OC.[Na]. The van der Waals surface area contributed by atoms with Crippen LogP contribution in [-0.2, 0) is 10.8 Å². The first-order valence-corrected chi connectivity index (χ1v) is 8.11. The first-order valence-electron chi connectivity index (χ1n) is 6.96. The van der Waals surface area contributed by atoms with E-state index in [1.165, 1.54) is 38.6 Å². The van der Waals surface area contributed by atoms with E-state index in [-0.39, 0.29) is 51.2 Å². The molecule has 26 heavy (non-hydrogen) atoms. The summed E-state index contributed by atoms with van der Waals surface area (Å²) in [5.74, 6) is 0.579. The number of pyridine rings is 1. The minimum Gasteiger partial charge on any atom is -0.493 e. The molecule has 0 aliphatic carbocycles. The Morgan fingerprint density at radius 3 is 2.62 bits per heavy atom. The fourth-order valence-electron chi connectivity index (χ4n) is 2.21. The zero-order chi connectivity index (χ0) is 18.0. The second-order valence-electron chi connectivity index (χ2n) is 4.72. The maximum atomic E-state index is 12.8. The third-order valence-corrected chi connectivity index (χ3v) is 4.45. The number of fused-ring (bicyclic) bond motifs is 1. The molecule has 3 aromatic rings. The third-order valence-electron chi connectivity index (χ3n) is 3.27. The molecule has 2 heterocycles. The number of rotatable bonds is 6. The summed E-state index contributed by atoms with van der Waals surface area (Å²) in [7, 11) is 1.07. The topological polar surface area (TPSA) is 86.3 Å². The summed E-state index contributed by atoms with van der Waals surface area (Å²) in [5, 5.41) is 0.230. The van der Waals surface area contributed by atoms with Gasteiger partial charge in [-0.15, -0.1) is 0 Å². The van der Waals surface area contributed by atoms with E-state index in [1.54, 1.807) is 6.07 Å². The van der Waals surface area contributed by atoms with Crippen molar-refractivity contribution in [1.29, 1.82) is 0 Å². The normalized spacial score (nSPS) is 11.9. The number of hydrogen-bond donors (Lipinski definition) is 1. The zero-order valence-corrected chi connectivity index (χ0v) is 17.0. The molecule has 133 valence electrons. The van der Waals surface area contributed by atoms with Crippen LogP contribution in [0.3, 0.4) is 0 Å². The van der Waals surface area contributed by atoms with E-state index in [4.69, 9.17) is 9.47 Å². The molecule has 0 fully saturated rings. The van der Waals surface area contributed by atoms with Gasteiger partial charge in [0.2, 0.25) is 5.16 Å². The molecule has 0 amide bonds. The van der Waals surface area contributed by atoms with Crippen molar-refractivity contribution in [3.8, 4) is 17.2 Å². The van der Waals surface area contributed by atoms with E-state index >= 15 is 0 Å². The van der Waals surface area contributed by atoms with Crippen LogP contribution in [0.4, 0.5) is 8.78 Å². The van der Waals surface area contributed by atoms with Crippen molar-refractivity contribution in [3.05, 3.63) is 30.5 Å². The number of nitrogens with zero attached hydrogens (tertiary/aromatic N) is 2. The number of nitrogens with one attached hydrogen (secondary N) is 1. The maximum Gasteiger partial charge on any atom is 0.387 e. The van der Waals surface area contributed by atoms with Gasteiger partial charge in [-0.3, -0.25) is 0 Å². The Morgan fingerprint density at radius 1 is 1.19 bits per heavy atom. The Morgan fingerprint density at radius 2 is 1.96 bits per heavy atom. The Labute approximate surface area is 171 Å². The van der Waals surface area contributed by atoms with Crippen molar-refractivity contribution in [3.63, 3.8) is 0 Å². The molecule has 1 aromatic carbocycles. The largest absolute Gasteiger partial charge is 0.493 e. The van der Waals surface area contributed by atoms with Gasteiger partial charge in [0, 0.05) is 47.9 Å². The van der Waals surface area contributed by atoms with Crippen LogP contribution >= 0.6 is 0 Å². The summed E-state index contributed by atoms with van der Waals surface area (Å²) in [6, 6.07) is 5.77. The number of imidazole rings is 1. The molecule has 0 bridgehead atoms. The first kappa shape index (κ1) is 20.6. The summed E-state index contributed by atoms with van der Waals surface area (Å²) in [6.07, 6.45) is 1.44. The van der Waals surface area contributed by atoms with Crippen LogP contribution < -0.4 is 14.2 Å². The van der Waals surface area contributed by atoms with Gasteiger partial charge in [0.25, 0.3) is 0 Å². The van der Waals surface area contributed by atoms with Crippen molar-refractivity contribution >= 4 is 51.4 Å². The van der Waals surface area contributed by atoms with Crippen LogP contribution in [0.1, 0.15) is 0 Å². The number of hydrogen-bond acceptors (Lipinski definition) is 6. The van der Waals surface area contributed by atoms with Crippen LogP contribution in [0.25, 0.3) is 11.0 Å². The van der Waals surface area contributed by atoms with Gasteiger partial charge in [-0.05, 0) is 12.1 Å². The van der Waals surface area contributed by atoms with Crippen molar-refractivity contribution in [1.82, 2.24) is 15.0 Å². The van der Waals surface area contributed by atoms with Crippen molar-refractivity contribution in [2.24, 2.45) is 0 Å². The van der Waals surface area contributed by atoms with Crippen LogP contribution in [0.15, 0.2) is 40.6 Å². The average molecular weight is 392 g/mol. The summed E-state index contributed by atoms with van der Waals surface area (Å²) in [6.45, 7) is -2.93. The minimum absolute atomic E-state index is 0. The fourth-order valence-corrected chi connectivity index (χ4v) is 3.29. The first-order chi connectivity index (χ1) is 12.0. The van der Waals surface area contributed by atoms with Gasteiger partial charge in [-0.1, -0.05) is 0 Å². The number of alkyl halides is 2. The predicted molar refractivity (Wildman–Crippen MR) is 90.5 cm³/mol. The Kier molecular flexibility index (Phi) is 6.93. The van der Waals surface area contributed by atoms with Gasteiger partial charge in [-0.2, -0.15) is 8.78 Å². The number of aromatic nitrogens is 3. The molecule has 11 heteroatoms. The Hall–Kier alpha value is -1.75. The maximum absolute atomic E-state index is 12.8. The van der Waals surface area contributed by atoms with Gasteiger partial charge < -0.3 is 19.2 Å². The minimum atomic E-state index is -2.93. The fraction of sp³-hybridized carbons (Fsp3) is 0.200. The van der Waals surface area contributed by atoms with Gasteiger partial charge in [0.15, 0.2) is 16.5 Å². The van der Waals surface area contributed by atoms with E-state index in [0.717, 1.165) is 0 Å². The summed E-state index contributed by atoms with van der Waals surface area (Å²) < 4.78 is 52.1. The van der Waals surface area contributed by atoms with Crippen LogP contribution in [0.5, 0.6) is 17.2 Å². The standard InChI is InChI=1S/C15H13F2N3O4S.Na/c1-22-11-5-6-18-13(12(11)23-2)25(21)15-19-9-4-3-8(24-14(16)17)7-10(9)20-15;/h3-7,14H,1-2H3,(H,19,20);. The molecule has 2 aromatic heterocycles. The van der Waals surface area contributed by atoms with Crippen molar-refractivity contribution < 1.29 is 27.2 Å². The van der Waals surface area contributed by atoms with Crippen molar-refractivity contribution in [2.45, 2.75) is 16.8 Å². The second-order valence-corrected chi connectivity index (χ2v) is 6.03. The predicted octanol–water partition coefficient (Wildman–Crippen LogP) is 2.36. The smallest absolute Gasteiger partial charge is 0.387 e. The molecule has 0 aliphatic rings. The molecule has 0 aliphatic heterocycles. The van der Waals surface area contributed by atoms with E-state index in [9.17, 15) is 13.0 Å². The number of ether oxygens (including phenoxy) is 3. The Balaban J connectivity index is 0.00000243. The molecule has 0 spiro atoms. The molecule has 1 unspecified atom stereocenters. The van der Waals surface area contributed by atoms with E-state index in [2.05, 4.69) is 19.7 Å². The molecule has 1 N–H and O–H groups in total. The molecule has 3 rings (SSSR count). The summed E-state index contributed by atoms with van der Waals surface area (Å²) in [4.78, 5) is 11.1. The van der Waals surface area contributed by atoms with Gasteiger partial charge in [0.1, 0.15) is 16.5 Å². The van der Waals surface area contributed by atoms with Crippen LogP contribution in [0, 0.1) is 0 Å². The second kappa shape index (κ2) is 8.76. The van der Waals surface area contributed by atoms with E-state index in [0.29, 0.717) is 16.8 Å². The quantitative estimate of drug-likeness (QED) is 0.648. The molecule has 0 saturated heterocycles. The van der Waals surface area contributed by atoms with Crippen molar-refractivity contribution in [2.75, 3.05) is 14.2 Å². The van der Waals surface area contributed by atoms with E-state index < -0.39 is 17.4 Å². The molecule has 1 radical (unpaired) electrons. The summed E-state index contributed by atoms with van der Waals surface area (Å²) in [5.41, 5.74) is 0.857. The number of halogens is 2. The monoisotopic (exact) mass is 392 g/mol. The zero-order valence-electron chi connectivity index (χ0n) is 14.2. The molecular formula is C15H13F2N3NaO4S. The number of H-pyrrole nitrogens is 1. The molecule has 7 nitrogen and oxygen atoms in total. The molecule has 1 atom stereocenters. The van der Waals surface area contributed by atoms with Gasteiger partial charge >= 0.3 is 6.61 Å². The Bertz CT molecular complexity index is 938. The van der Waals surface area contributed by atoms with Crippen LogP contribution in [0.2, 0.25) is 0 Å². The summed E-state index contributed by atoms with van der Waals surface area (Å²) >= 11 is 0. The number of benzene rings is 1. The third kappa shape index (κ3) is 4.14.